The first-order valence-electron chi connectivity index (χ1n) is 9.07. The summed E-state index contributed by atoms with van der Waals surface area (Å²) in [6.07, 6.45) is 4.20. The third kappa shape index (κ3) is 4.39. The van der Waals surface area contributed by atoms with Crippen molar-refractivity contribution < 1.29 is 13.3 Å². The summed E-state index contributed by atoms with van der Waals surface area (Å²) < 4.78 is 28.4. The van der Waals surface area contributed by atoms with E-state index in [4.69, 9.17) is 0 Å². The van der Waals surface area contributed by atoms with Crippen LogP contribution in [0.4, 0.5) is 11.4 Å². The van der Waals surface area contributed by atoms with Gasteiger partial charge in [0, 0.05) is 44.5 Å². The van der Waals surface area contributed by atoms with Gasteiger partial charge in [-0.25, -0.2) is 8.42 Å². The van der Waals surface area contributed by atoms with Crippen LogP contribution in [0.1, 0.15) is 19.3 Å². The first kappa shape index (κ1) is 20.0. The summed E-state index contributed by atoms with van der Waals surface area (Å²) >= 11 is 0. The smallest absolute Gasteiger partial charge is 0.293 e. The summed E-state index contributed by atoms with van der Waals surface area (Å²) in [6, 6.07) is 8.68. The van der Waals surface area contributed by atoms with E-state index in [2.05, 4.69) is 5.32 Å². The molecule has 0 amide bonds. The van der Waals surface area contributed by atoms with Crippen molar-refractivity contribution in [3.8, 4) is 0 Å². The van der Waals surface area contributed by atoms with Crippen LogP contribution in [0.2, 0.25) is 0 Å². The van der Waals surface area contributed by atoms with Crippen molar-refractivity contribution in [3.63, 3.8) is 0 Å². The largest absolute Gasteiger partial charge is 0.378 e. The number of sulfonamides is 1. The lowest BCUT2D eigenvalue weighted by Gasteiger charge is -2.25. The molecule has 150 valence electrons. The van der Waals surface area contributed by atoms with Crippen molar-refractivity contribution in [3.05, 3.63) is 63.1 Å². The van der Waals surface area contributed by atoms with E-state index in [1.165, 1.54) is 27.1 Å². The molecule has 0 unspecified atom stereocenters. The molecule has 28 heavy (non-hydrogen) atoms. The zero-order valence-corrected chi connectivity index (χ0v) is 16.1. The number of nitrogens with one attached hydrogen (secondary N) is 1. The van der Waals surface area contributed by atoms with Crippen LogP contribution in [-0.4, -0.2) is 41.8 Å². The number of benzene rings is 1. The standard InChI is InChI=1S/C18H22N4O5S/c23-18-6-2-5-10-20(18)13-9-19-16-8-7-15(14-17(16)22(24)25)28(26,27)21-11-3-1-4-12-21/h2,5-8,10,14,19H,1,3-4,9,11-13H2. The van der Waals surface area contributed by atoms with Crippen molar-refractivity contribution in [2.75, 3.05) is 25.0 Å². The minimum absolute atomic E-state index is 0.0778. The number of nitro groups is 1. The fourth-order valence-electron chi connectivity index (χ4n) is 3.18. The summed E-state index contributed by atoms with van der Waals surface area (Å²) in [5.41, 5.74) is -0.258. The number of piperidine rings is 1. The van der Waals surface area contributed by atoms with Crippen LogP contribution in [-0.2, 0) is 16.6 Å². The average molecular weight is 406 g/mol. The third-order valence-electron chi connectivity index (χ3n) is 4.69. The van der Waals surface area contributed by atoms with Crippen molar-refractivity contribution in [2.45, 2.75) is 30.7 Å². The number of rotatable bonds is 7. The monoisotopic (exact) mass is 406 g/mol. The molecule has 3 rings (SSSR count). The Morgan fingerprint density at radius 3 is 2.54 bits per heavy atom. The van der Waals surface area contributed by atoms with Crippen LogP contribution in [0.15, 0.2) is 52.3 Å². The Morgan fingerprint density at radius 2 is 1.86 bits per heavy atom. The Labute approximate surface area is 162 Å². The Hall–Kier alpha value is -2.72. The maximum Gasteiger partial charge on any atom is 0.293 e. The predicted molar refractivity (Wildman–Crippen MR) is 105 cm³/mol. The van der Waals surface area contributed by atoms with Gasteiger partial charge in [-0.2, -0.15) is 4.31 Å². The number of nitro benzene ring substituents is 1. The summed E-state index contributed by atoms with van der Waals surface area (Å²) in [5, 5.41) is 14.4. The zero-order valence-electron chi connectivity index (χ0n) is 15.3. The lowest BCUT2D eigenvalue weighted by atomic mass is 10.2. The van der Waals surface area contributed by atoms with E-state index >= 15 is 0 Å². The van der Waals surface area contributed by atoms with Crippen molar-refractivity contribution in [1.29, 1.82) is 0 Å². The van der Waals surface area contributed by atoms with E-state index in [1.807, 2.05) is 0 Å². The van der Waals surface area contributed by atoms with E-state index in [9.17, 15) is 23.3 Å². The SMILES string of the molecule is O=c1ccccn1CCNc1ccc(S(=O)(=O)N2CCCCC2)cc1[N+](=O)[O-]. The second-order valence-electron chi connectivity index (χ2n) is 6.56. The molecule has 1 aromatic carbocycles. The Morgan fingerprint density at radius 1 is 1.11 bits per heavy atom. The van der Waals surface area contributed by atoms with Crippen LogP contribution in [0, 0.1) is 10.1 Å². The molecule has 10 heteroatoms. The fourth-order valence-corrected chi connectivity index (χ4v) is 4.72. The van der Waals surface area contributed by atoms with E-state index in [0.29, 0.717) is 19.6 Å². The molecule has 1 aliphatic heterocycles. The second-order valence-corrected chi connectivity index (χ2v) is 8.50. The number of hydrogen-bond acceptors (Lipinski definition) is 6. The summed E-state index contributed by atoms with van der Waals surface area (Å²) in [4.78, 5) is 22.5. The lowest BCUT2D eigenvalue weighted by molar-refractivity contribution is -0.384. The minimum Gasteiger partial charge on any atom is -0.378 e. The van der Waals surface area contributed by atoms with Gasteiger partial charge in [0.2, 0.25) is 10.0 Å². The van der Waals surface area contributed by atoms with Gasteiger partial charge in [0.05, 0.1) is 9.82 Å². The first-order valence-corrected chi connectivity index (χ1v) is 10.5. The van der Waals surface area contributed by atoms with Gasteiger partial charge in [-0.3, -0.25) is 14.9 Å². The number of anilines is 1. The average Bonchev–Trinajstić information content (AvgIpc) is 2.70. The van der Waals surface area contributed by atoms with Crippen LogP contribution in [0.25, 0.3) is 0 Å². The number of nitrogens with zero attached hydrogens (tertiary/aromatic N) is 3. The molecule has 0 radical (unpaired) electrons. The predicted octanol–water partition coefficient (Wildman–Crippen LogP) is 2.04. The van der Waals surface area contributed by atoms with Crippen LogP contribution < -0.4 is 10.9 Å². The van der Waals surface area contributed by atoms with Gasteiger partial charge in [0.1, 0.15) is 5.69 Å². The third-order valence-corrected chi connectivity index (χ3v) is 6.58. The highest BCUT2D eigenvalue weighted by atomic mass is 32.2. The number of aromatic nitrogens is 1. The molecule has 1 N–H and O–H groups in total. The molecule has 1 fully saturated rings. The molecule has 1 aromatic heterocycles. The lowest BCUT2D eigenvalue weighted by Crippen LogP contribution is -2.35. The Kier molecular flexibility index (Phi) is 6.10. The maximum absolute atomic E-state index is 12.8. The molecular formula is C18H22N4O5S. The molecule has 2 heterocycles. The molecule has 0 spiro atoms. The van der Waals surface area contributed by atoms with Gasteiger partial charge < -0.3 is 9.88 Å². The fraction of sp³-hybridized carbons (Fsp3) is 0.389. The van der Waals surface area contributed by atoms with Gasteiger partial charge in [0.25, 0.3) is 11.2 Å². The molecule has 1 saturated heterocycles. The van der Waals surface area contributed by atoms with Gasteiger partial charge in [-0.1, -0.05) is 12.5 Å². The zero-order chi connectivity index (χ0) is 20.1. The van der Waals surface area contributed by atoms with Crippen molar-refractivity contribution >= 4 is 21.4 Å². The molecule has 1 aliphatic rings. The molecule has 0 bridgehead atoms. The summed E-state index contributed by atoms with van der Waals surface area (Å²) in [7, 11) is -3.75. The topological polar surface area (TPSA) is 115 Å². The second kappa shape index (κ2) is 8.53. The van der Waals surface area contributed by atoms with E-state index in [-0.39, 0.29) is 28.4 Å². The minimum atomic E-state index is -3.75. The molecule has 2 aromatic rings. The number of pyridine rings is 1. The summed E-state index contributed by atoms with van der Waals surface area (Å²) in [6.45, 7) is 1.47. The van der Waals surface area contributed by atoms with Gasteiger partial charge in [-0.05, 0) is 31.0 Å². The van der Waals surface area contributed by atoms with Gasteiger partial charge >= 0.3 is 0 Å². The van der Waals surface area contributed by atoms with Crippen LogP contribution >= 0.6 is 0 Å². The normalized spacial score (nSPS) is 15.3. The van der Waals surface area contributed by atoms with E-state index < -0.39 is 14.9 Å². The van der Waals surface area contributed by atoms with E-state index in [0.717, 1.165) is 25.3 Å². The van der Waals surface area contributed by atoms with E-state index in [1.54, 1.807) is 18.3 Å². The number of hydrogen-bond donors (Lipinski definition) is 1. The molecule has 9 nitrogen and oxygen atoms in total. The highest BCUT2D eigenvalue weighted by Crippen LogP contribution is 2.29. The van der Waals surface area contributed by atoms with Crippen LogP contribution in [0.5, 0.6) is 0 Å². The van der Waals surface area contributed by atoms with Crippen molar-refractivity contribution in [2.24, 2.45) is 0 Å². The Balaban J connectivity index is 1.78. The van der Waals surface area contributed by atoms with Gasteiger partial charge in [0.15, 0.2) is 0 Å². The van der Waals surface area contributed by atoms with Crippen LogP contribution in [0.3, 0.4) is 0 Å². The van der Waals surface area contributed by atoms with Gasteiger partial charge in [-0.15, -0.1) is 0 Å². The molecule has 0 atom stereocenters. The molecule has 0 saturated carbocycles. The maximum atomic E-state index is 12.8. The highest BCUT2D eigenvalue weighted by Gasteiger charge is 2.28. The molecule has 0 aliphatic carbocycles. The molecular weight excluding hydrogens is 384 g/mol. The van der Waals surface area contributed by atoms with Crippen molar-refractivity contribution in [1.82, 2.24) is 8.87 Å². The highest BCUT2D eigenvalue weighted by molar-refractivity contribution is 7.89. The first-order chi connectivity index (χ1) is 13.4. The summed E-state index contributed by atoms with van der Waals surface area (Å²) in [5.74, 6) is 0. The quantitative estimate of drug-likeness (QED) is 0.556. The Bertz CT molecular complexity index is 1010.